The summed E-state index contributed by atoms with van der Waals surface area (Å²) in [6.07, 6.45) is 10.4. The molecular weight excluding hydrogens is 471 g/mol. The summed E-state index contributed by atoms with van der Waals surface area (Å²) in [7, 11) is 1.84. The van der Waals surface area contributed by atoms with Crippen molar-refractivity contribution in [1.29, 1.82) is 0 Å². The zero-order chi connectivity index (χ0) is 25.5. The lowest BCUT2D eigenvalue weighted by molar-refractivity contribution is 0.0872. The molecule has 1 amide bonds. The molecule has 2 atom stereocenters. The number of aromatic amines is 1. The number of H-pyrrole nitrogens is 1. The molecule has 1 aromatic carbocycles. The van der Waals surface area contributed by atoms with Gasteiger partial charge in [0.25, 0.3) is 5.91 Å². The molecule has 0 saturated heterocycles. The van der Waals surface area contributed by atoms with Crippen LogP contribution in [-0.4, -0.2) is 48.4 Å². The van der Waals surface area contributed by atoms with Gasteiger partial charge < -0.3 is 15.4 Å². The Balaban J connectivity index is 1.37. The van der Waals surface area contributed by atoms with Crippen LogP contribution in [0.15, 0.2) is 55.1 Å². The van der Waals surface area contributed by atoms with Gasteiger partial charge in [-0.2, -0.15) is 5.10 Å². The highest BCUT2D eigenvalue weighted by molar-refractivity contribution is 6.13. The summed E-state index contributed by atoms with van der Waals surface area (Å²) in [5.41, 5.74) is 4.47. The molecule has 0 unspecified atom stereocenters. The molecule has 1 aliphatic rings. The quantitative estimate of drug-likeness (QED) is 0.328. The molecule has 188 valence electrons. The van der Waals surface area contributed by atoms with Gasteiger partial charge in [0.1, 0.15) is 11.5 Å². The molecule has 0 bridgehead atoms. The molecular formula is C28H27FN6O2. The molecule has 1 fully saturated rings. The molecule has 9 heteroatoms. The second-order valence-corrected chi connectivity index (χ2v) is 9.73. The van der Waals surface area contributed by atoms with Crippen LogP contribution in [0.5, 0.6) is 0 Å². The highest BCUT2D eigenvalue weighted by atomic mass is 19.1. The summed E-state index contributed by atoms with van der Waals surface area (Å²) in [6.45, 7) is 0.0733. The average Bonchev–Trinajstić information content (AvgIpc) is 3.52. The first-order valence-corrected chi connectivity index (χ1v) is 12.5. The Labute approximate surface area is 212 Å². The van der Waals surface area contributed by atoms with Gasteiger partial charge in [-0.15, -0.1) is 0 Å². The molecule has 4 aromatic heterocycles. The van der Waals surface area contributed by atoms with Gasteiger partial charge in [-0.25, -0.2) is 9.37 Å². The zero-order valence-corrected chi connectivity index (χ0v) is 20.4. The van der Waals surface area contributed by atoms with Crippen LogP contribution in [0, 0.1) is 11.7 Å². The van der Waals surface area contributed by atoms with E-state index in [-0.39, 0.29) is 24.5 Å². The third-order valence-electron chi connectivity index (χ3n) is 7.36. The fourth-order valence-corrected chi connectivity index (χ4v) is 5.38. The molecule has 37 heavy (non-hydrogen) atoms. The average molecular weight is 499 g/mol. The van der Waals surface area contributed by atoms with Crippen molar-refractivity contribution in [2.75, 3.05) is 6.61 Å². The third kappa shape index (κ3) is 4.25. The first kappa shape index (κ1) is 23.3. The minimum atomic E-state index is -0.446. The number of nitrogens with one attached hydrogen (secondary N) is 2. The van der Waals surface area contributed by atoms with E-state index >= 15 is 4.39 Å². The second kappa shape index (κ2) is 9.40. The van der Waals surface area contributed by atoms with Gasteiger partial charge in [0, 0.05) is 59.3 Å². The van der Waals surface area contributed by atoms with E-state index in [2.05, 4.69) is 25.4 Å². The van der Waals surface area contributed by atoms with Crippen molar-refractivity contribution in [3.63, 3.8) is 0 Å². The molecule has 0 radical (unpaired) electrons. The fourth-order valence-electron chi connectivity index (χ4n) is 5.38. The van der Waals surface area contributed by atoms with Crippen molar-refractivity contribution in [1.82, 2.24) is 30.0 Å². The fraction of sp³-hybridized carbons (Fsp3) is 0.286. The highest BCUT2D eigenvalue weighted by Gasteiger charge is 2.26. The van der Waals surface area contributed by atoms with Crippen molar-refractivity contribution in [2.24, 2.45) is 13.0 Å². The minimum absolute atomic E-state index is 0.0305. The van der Waals surface area contributed by atoms with Gasteiger partial charge >= 0.3 is 0 Å². The maximum atomic E-state index is 15.3. The smallest absolute Gasteiger partial charge is 0.251 e. The minimum Gasteiger partial charge on any atom is -0.396 e. The Bertz CT molecular complexity index is 1610. The molecule has 6 rings (SSSR count). The second-order valence-electron chi connectivity index (χ2n) is 9.73. The molecule has 5 aromatic rings. The van der Waals surface area contributed by atoms with Crippen molar-refractivity contribution in [3.8, 4) is 22.4 Å². The molecule has 1 saturated carbocycles. The van der Waals surface area contributed by atoms with Crippen molar-refractivity contribution >= 4 is 27.8 Å². The number of aryl methyl sites for hydroxylation is 1. The number of pyridine rings is 2. The SMILES string of the molecule is Cn1cc(-c2cc3c(cn2)[nH]c2ncc(F)c(-c4ccc(C(=O)N[C@H]5CCCC[C@@H]5CO)cc4)c23)cn1. The number of nitrogens with zero attached hydrogens (tertiary/aromatic N) is 4. The molecule has 0 aliphatic heterocycles. The maximum Gasteiger partial charge on any atom is 0.251 e. The number of aliphatic hydroxyl groups is 1. The van der Waals surface area contributed by atoms with Crippen LogP contribution in [0.3, 0.4) is 0 Å². The van der Waals surface area contributed by atoms with Crippen LogP contribution in [0.25, 0.3) is 44.3 Å². The predicted octanol–water partition coefficient (Wildman–Crippen LogP) is 4.60. The number of aliphatic hydroxyl groups excluding tert-OH is 1. The van der Waals surface area contributed by atoms with Gasteiger partial charge in [0.15, 0.2) is 0 Å². The van der Waals surface area contributed by atoms with E-state index in [0.717, 1.165) is 47.8 Å². The van der Waals surface area contributed by atoms with Crippen LogP contribution in [0.1, 0.15) is 36.0 Å². The Morgan fingerprint density at radius 1 is 1.14 bits per heavy atom. The summed E-state index contributed by atoms with van der Waals surface area (Å²) < 4.78 is 17.0. The summed E-state index contributed by atoms with van der Waals surface area (Å²) >= 11 is 0. The van der Waals surface area contributed by atoms with Crippen LogP contribution in [0.4, 0.5) is 4.39 Å². The lowest BCUT2D eigenvalue weighted by Crippen LogP contribution is -2.43. The standard InChI is InChI=1S/C28H27FN6O2/c1-35-14-19(11-32-35)23-10-20-24(13-30-23)33-27-26(20)25(21(29)12-31-27)16-6-8-17(9-7-16)28(37)34-22-5-3-2-4-18(22)15-36/h6-14,18,22,36H,2-5,15H2,1H3,(H,31,33)(H,34,37)/t18-,22+/m1/s1. The summed E-state index contributed by atoms with van der Waals surface area (Å²) in [4.78, 5) is 25.0. The molecule has 1 aliphatic carbocycles. The Kier molecular flexibility index (Phi) is 5.92. The molecule has 8 nitrogen and oxygen atoms in total. The first-order valence-electron chi connectivity index (χ1n) is 12.5. The third-order valence-corrected chi connectivity index (χ3v) is 7.36. The topological polar surface area (TPSA) is 109 Å². The molecule has 0 spiro atoms. The van der Waals surface area contributed by atoms with E-state index in [4.69, 9.17) is 0 Å². The van der Waals surface area contributed by atoms with Crippen molar-refractivity contribution in [2.45, 2.75) is 31.7 Å². The van der Waals surface area contributed by atoms with Crippen molar-refractivity contribution in [3.05, 3.63) is 66.5 Å². The Morgan fingerprint density at radius 3 is 2.70 bits per heavy atom. The molecule has 4 heterocycles. The number of benzene rings is 1. The van der Waals surface area contributed by atoms with Gasteiger partial charge in [-0.1, -0.05) is 25.0 Å². The number of rotatable bonds is 5. The van der Waals surface area contributed by atoms with E-state index in [1.54, 1.807) is 41.3 Å². The van der Waals surface area contributed by atoms with Crippen LogP contribution < -0.4 is 5.32 Å². The normalized spacial score (nSPS) is 17.9. The van der Waals surface area contributed by atoms with E-state index in [9.17, 15) is 9.90 Å². The largest absolute Gasteiger partial charge is 0.396 e. The number of hydrogen-bond acceptors (Lipinski definition) is 5. The number of amides is 1. The number of hydrogen-bond donors (Lipinski definition) is 3. The van der Waals surface area contributed by atoms with Crippen LogP contribution in [-0.2, 0) is 7.05 Å². The summed E-state index contributed by atoms with van der Waals surface area (Å²) in [5, 5.41) is 18.4. The molecule has 3 N–H and O–H groups in total. The first-order chi connectivity index (χ1) is 18.0. The summed E-state index contributed by atoms with van der Waals surface area (Å²) in [5.74, 6) is -0.543. The highest BCUT2D eigenvalue weighted by Crippen LogP contribution is 2.36. The predicted molar refractivity (Wildman–Crippen MR) is 139 cm³/mol. The Hall–Kier alpha value is -4.11. The van der Waals surface area contributed by atoms with E-state index in [1.807, 2.05) is 19.3 Å². The van der Waals surface area contributed by atoms with Crippen LogP contribution in [0.2, 0.25) is 0 Å². The lowest BCUT2D eigenvalue weighted by atomic mass is 9.85. The number of carbonyl (C=O) groups is 1. The maximum absolute atomic E-state index is 15.3. The van der Waals surface area contributed by atoms with E-state index in [1.165, 1.54) is 6.20 Å². The zero-order valence-electron chi connectivity index (χ0n) is 20.4. The van der Waals surface area contributed by atoms with Gasteiger partial charge in [0.2, 0.25) is 0 Å². The van der Waals surface area contributed by atoms with Crippen molar-refractivity contribution < 1.29 is 14.3 Å². The Morgan fingerprint density at radius 2 is 1.95 bits per heavy atom. The van der Waals surface area contributed by atoms with E-state index in [0.29, 0.717) is 27.7 Å². The van der Waals surface area contributed by atoms with Gasteiger partial charge in [-0.3, -0.25) is 14.5 Å². The lowest BCUT2D eigenvalue weighted by Gasteiger charge is -2.30. The number of fused-ring (bicyclic) bond motifs is 3. The van der Waals surface area contributed by atoms with Gasteiger partial charge in [0.05, 0.1) is 29.8 Å². The van der Waals surface area contributed by atoms with Gasteiger partial charge in [-0.05, 0) is 36.6 Å². The van der Waals surface area contributed by atoms with Crippen LogP contribution >= 0.6 is 0 Å². The number of carbonyl (C=O) groups excluding carboxylic acids is 1. The summed E-state index contributed by atoms with van der Waals surface area (Å²) in [6, 6.07) is 8.84. The number of aromatic nitrogens is 5. The monoisotopic (exact) mass is 498 g/mol. The number of halogens is 1. The van der Waals surface area contributed by atoms with E-state index < -0.39 is 5.82 Å².